The van der Waals surface area contributed by atoms with Crippen molar-refractivity contribution in [1.29, 1.82) is 0 Å². The van der Waals surface area contributed by atoms with Crippen LogP contribution in [-0.4, -0.2) is 27.2 Å². The maximum Gasteiger partial charge on any atom is 0.210 e. The molecular formula is C10H9BrN4S. The predicted octanol–water partition coefficient (Wildman–Crippen LogP) is 2.36. The van der Waals surface area contributed by atoms with Crippen LogP contribution in [0, 0.1) is 0 Å². The van der Waals surface area contributed by atoms with Gasteiger partial charge in [-0.25, -0.2) is 4.68 Å². The quantitative estimate of drug-likeness (QED) is 0.877. The number of aromatic nitrogens is 3. The predicted molar refractivity (Wildman–Crippen MR) is 68.1 cm³/mol. The second-order valence-corrected chi connectivity index (χ2v) is 5.38. The number of rotatable bonds is 1. The van der Waals surface area contributed by atoms with Gasteiger partial charge in [-0.3, -0.25) is 0 Å². The molecule has 1 aliphatic heterocycles. The Morgan fingerprint density at radius 3 is 2.88 bits per heavy atom. The van der Waals surface area contributed by atoms with Gasteiger partial charge in [-0.15, -0.1) is 10.2 Å². The molecule has 82 valence electrons. The molecule has 1 N–H and O–H groups in total. The minimum Gasteiger partial charge on any atom is -0.321 e. The molecule has 1 aromatic carbocycles. The zero-order chi connectivity index (χ0) is 11.0. The lowest BCUT2D eigenvalue weighted by Gasteiger charge is -2.16. The Morgan fingerprint density at radius 1 is 1.25 bits per heavy atom. The van der Waals surface area contributed by atoms with E-state index < -0.39 is 0 Å². The molecule has 0 atom stereocenters. The van der Waals surface area contributed by atoms with Crippen LogP contribution >= 0.6 is 27.7 Å². The first-order valence-corrected chi connectivity index (χ1v) is 6.70. The Kier molecular flexibility index (Phi) is 2.61. The van der Waals surface area contributed by atoms with Gasteiger partial charge in [0.15, 0.2) is 5.82 Å². The Balaban J connectivity index is 2.06. The molecule has 6 heteroatoms. The van der Waals surface area contributed by atoms with Gasteiger partial charge in [-0.1, -0.05) is 39.8 Å². The van der Waals surface area contributed by atoms with Crippen LogP contribution in [0.1, 0.15) is 0 Å². The lowest BCUT2D eigenvalue weighted by Crippen LogP contribution is -2.23. The minimum absolute atomic E-state index is 0.870. The van der Waals surface area contributed by atoms with Crippen molar-refractivity contribution in [2.24, 2.45) is 0 Å². The van der Waals surface area contributed by atoms with E-state index in [0.717, 1.165) is 33.3 Å². The van der Waals surface area contributed by atoms with E-state index in [1.54, 1.807) is 11.8 Å². The van der Waals surface area contributed by atoms with Crippen LogP contribution in [0.5, 0.6) is 0 Å². The summed E-state index contributed by atoms with van der Waals surface area (Å²) in [5.74, 6) is 1.91. The summed E-state index contributed by atoms with van der Waals surface area (Å²) in [5.41, 5.74) is 4.35. The Hall–Kier alpha value is -1.01. The van der Waals surface area contributed by atoms with E-state index >= 15 is 0 Å². The Labute approximate surface area is 106 Å². The van der Waals surface area contributed by atoms with Gasteiger partial charge in [-0.05, 0) is 12.1 Å². The van der Waals surface area contributed by atoms with E-state index in [4.69, 9.17) is 0 Å². The van der Waals surface area contributed by atoms with Crippen molar-refractivity contribution >= 4 is 27.7 Å². The fraction of sp³-hybridized carbons (Fsp3) is 0.200. The summed E-state index contributed by atoms with van der Waals surface area (Å²) in [4.78, 5) is 0. The van der Waals surface area contributed by atoms with Crippen LogP contribution < -0.4 is 5.43 Å². The molecule has 4 nitrogen and oxygen atoms in total. The standard InChI is InChI=1S/C10H9BrN4S/c11-8-3-1-7(2-4-8)9-13-14-10-15(9)12-5-6-16-10/h1-4,12H,5-6H2. The summed E-state index contributed by atoms with van der Waals surface area (Å²) < 4.78 is 3.02. The monoisotopic (exact) mass is 296 g/mol. The molecule has 0 aliphatic carbocycles. The van der Waals surface area contributed by atoms with E-state index in [0.29, 0.717) is 0 Å². The third-order valence-electron chi connectivity index (χ3n) is 2.34. The zero-order valence-electron chi connectivity index (χ0n) is 8.35. The van der Waals surface area contributed by atoms with Crippen LogP contribution in [0.2, 0.25) is 0 Å². The summed E-state index contributed by atoms with van der Waals surface area (Å²) >= 11 is 5.15. The highest BCUT2D eigenvalue weighted by Crippen LogP contribution is 2.25. The molecule has 2 aromatic rings. The third kappa shape index (κ3) is 1.72. The molecule has 0 unspecified atom stereocenters. The van der Waals surface area contributed by atoms with E-state index in [1.165, 1.54) is 0 Å². The molecule has 0 fully saturated rings. The van der Waals surface area contributed by atoms with Crippen molar-refractivity contribution in [3.63, 3.8) is 0 Å². The number of hydrogen-bond donors (Lipinski definition) is 1. The Morgan fingerprint density at radius 2 is 2.06 bits per heavy atom. The van der Waals surface area contributed by atoms with E-state index in [1.807, 2.05) is 28.9 Å². The average Bonchev–Trinajstić information content (AvgIpc) is 2.74. The van der Waals surface area contributed by atoms with Crippen LogP contribution in [0.15, 0.2) is 33.9 Å². The number of thioether (sulfide) groups is 1. The lowest BCUT2D eigenvalue weighted by molar-refractivity contribution is 0.755. The van der Waals surface area contributed by atoms with Gasteiger partial charge < -0.3 is 5.43 Å². The first-order chi connectivity index (χ1) is 7.84. The average molecular weight is 297 g/mol. The maximum absolute atomic E-state index is 4.21. The Bertz CT molecular complexity index is 508. The van der Waals surface area contributed by atoms with Crippen molar-refractivity contribution in [2.75, 3.05) is 17.7 Å². The van der Waals surface area contributed by atoms with E-state index in [2.05, 4.69) is 31.6 Å². The fourth-order valence-electron chi connectivity index (χ4n) is 1.59. The maximum atomic E-state index is 4.21. The molecule has 2 heterocycles. The summed E-state index contributed by atoms with van der Waals surface area (Å²) in [7, 11) is 0. The molecule has 3 rings (SSSR count). The van der Waals surface area contributed by atoms with Gasteiger partial charge in [0.2, 0.25) is 5.16 Å². The fourth-order valence-corrected chi connectivity index (χ4v) is 2.61. The summed E-state index contributed by atoms with van der Waals surface area (Å²) in [6.07, 6.45) is 0. The van der Waals surface area contributed by atoms with Gasteiger partial charge >= 0.3 is 0 Å². The molecule has 16 heavy (non-hydrogen) atoms. The molecule has 0 saturated heterocycles. The largest absolute Gasteiger partial charge is 0.321 e. The van der Waals surface area contributed by atoms with Crippen LogP contribution in [0.3, 0.4) is 0 Å². The van der Waals surface area contributed by atoms with E-state index in [9.17, 15) is 0 Å². The van der Waals surface area contributed by atoms with Crippen molar-refractivity contribution in [3.05, 3.63) is 28.7 Å². The summed E-state index contributed by atoms with van der Waals surface area (Å²) in [5, 5.41) is 9.30. The highest BCUT2D eigenvalue weighted by atomic mass is 79.9. The number of fused-ring (bicyclic) bond motifs is 1. The second-order valence-electron chi connectivity index (χ2n) is 3.41. The minimum atomic E-state index is 0.870. The van der Waals surface area contributed by atoms with E-state index in [-0.39, 0.29) is 0 Å². The van der Waals surface area contributed by atoms with Gasteiger partial charge in [-0.2, -0.15) is 0 Å². The van der Waals surface area contributed by atoms with Crippen molar-refractivity contribution < 1.29 is 0 Å². The van der Waals surface area contributed by atoms with Crippen molar-refractivity contribution in [2.45, 2.75) is 5.16 Å². The van der Waals surface area contributed by atoms with Crippen molar-refractivity contribution in [1.82, 2.24) is 14.9 Å². The number of hydrogen-bond acceptors (Lipinski definition) is 4. The van der Waals surface area contributed by atoms with Crippen molar-refractivity contribution in [3.8, 4) is 11.4 Å². The van der Waals surface area contributed by atoms with Crippen LogP contribution in [0.4, 0.5) is 0 Å². The molecule has 1 aliphatic rings. The summed E-state index contributed by atoms with van der Waals surface area (Å²) in [6.45, 7) is 0.944. The molecule has 1 aromatic heterocycles. The van der Waals surface area contributed by atoms with Crippen LogP contribution in [-0.2, 0) is 0 Å². The topological polar surface area (TPSA) is 42.7 Å². The first-order valence-electron chi connectivity index (χ1n) is 4.92. The molecule has 0 spiro atoms. The SMILES string of the molecule is Brc1ccc(-c2nnc3n2NCCS3)cc1. The van der Waals surface area contributed by atoms with Gasteiger partial charge in [0.25, 0.3) is 0 Å². The lowest BCUT2D eigenvalue weighted by atomic mass is 10.2. The first kappa shape index (κ1) is 10.2. The zero-order valence-corrected chi connectivity index (χ0v) is 10.8. The number of nitrogens with zero attached hydrogens (tertiary/aromatic N) is 3. The smallest absolute Gasteiger partial charge is 0.210 e. The number of nitrogens with one attached hydrogen (secondary N) is 1. The third-order valence-corrected chi connectivity index (χ3v) is 3.80. The van der Waals surface area contributed by atoms with Crippen LogP contribution in [0.25, 0.3) is 11.4 Å². The molecule has 0 saturated carbocycles. The molecule has 0 amide bonds. The highest BCUT2D eigenvalue weighted by molar-refractivity contribution is 9.10. The molecule has 0 radical (unpaired) electrons. The van der Waals surface area contributed by atoms with Gasteiger partial charge in [0, 0.05) is 22.3 Å². The molecular weight excluding hydrogens is 288 g/mol. The second kappa shape index (κ2) is 4.10. The number of halogens is 1. The van der Waals surface area contributed by atoms with Gasteiger partial charge in [0.1, 0.15) is 0 Å². The highest BCUT2D eigenvalue weighted by Gasteiger charge is 2.16. The van der Waals surface area contributed by atoms with Gasteiger partial charge in [0.05, 0.1) is 0 Å². The number of benzene rings is 1. The normalized spacial score (nSPS) is 14.3. The molecule has 0 bridgehead atoms. The summed E-state index contributed by atoms with van der Waals surface area (Å²) in [6, 6.07) is 8.07.